The predicted octanol–water partition coefficient (Wildman–Crippen LogP) is 3.35. The first kappa shape index (κ1) is 18.4. The van der Waals surface area contributed by atoms with Gasteiger partial charge in [-0.15, -0.1) is 0 Å². The number of piperidine rings is 1. The molecule has 1 amide bonds. The minimum Gasteiger partial charge on any atom is -0.336 e. The maximum Gasteiger partial charge on any atom is 0.274 e. The van der Waals surface area contributed by atoms with Crippen molar-refractivity contribution in [1.82, 2.24) is 19.2 Å². The summed E-state index contributed by atoms with van der Waals surface area (Å²) in [5.74, 6) is 0.0212. The van der Waals surface area contributed by atoms with Crippen LogP contribution in [0.4, 0.5) is 0 Å². The Bertz CT molecular complexity index is 1030. The number of pyridine rings is 1. The quantitative estimate of drug-likeness (QED) is 0.691. The van der Waals surface area contributed by atoms with Crippen molar-refractivity contribution in [2.45, 2.75) is 44.7 Å². The van der Waals surface area contributed by atoms with Crippen LogP contribution >= 0.6 is 0 Å². The van der Waals surface area contributed by atoms with Gasteiger partial charge in [0.1, 0.15) is 11.3 Å². The van der Waals surface area contributed by atoms with Gasteiger partial charge in [-0.2, -0.15) is 0 Å². The maximum absolute atomic E-state index is 13.1. The van der Waals surface area contributed by atoms with Crippen LogP contribution in [0, 0.1) is 6.92 Å². The Labute approximate surface area is 172 Å². The SMILES string of the molecule is Cc1ccn2cc(C(=O)N(C)C3CCCN(C4Cc5ccccc5C4)C3)nc2c1. The molecule has 3 aromatic rings. The first-order chi connectivity index (χ1) is 14.1. The number of nitrogens with zero attached hydrogens (tertiary/aromatic N) is 4. The van der Waals surface area contributed by atoms with E-state index in [1.54, 1.807) is 0 Å². The molecule has 0 spiro atoms. The van der Waals surface area contributed by atoms with Crippen LogP contribution in [0.2, 0.25) is 0 Å². The summed E-state index contributed by atoms with van der Waals surface area (Å²) in [6.45, 7) is 4.12. The molecule has 2 aromatic heterocycles. The van der Waals surface area contributed by atoms with E-state index in [0.29, 0.717) is 11.7 Å². The summed E-state index contributed by atoms with van der Waals surface area (Å²) in [5, 5.41) is 0. The predicted molar refractivity (Wildman–Crippen MR) is 114 cm³/mol. The summed E-state index contributed by atoms with van der Waals surface area (Å²) in [5.41, 5.74) is 5.49. The number of fused-ring (bicyclic) bond motifs is 2. The molecular weight excluding hydrogens is 360 g/mol. The van der Waals surface area contributed by atoms with Gasteiger partial charge < -0.3 is 9.30 Å². The first-order valence-electron chi connectivity index (χ1n) is 10.6. The highest BCUT2D eigenvalue weighted by Gasteiger charge is 2.33. The Morgan fingerprint density at radius 1 is 1.17 bits per heavy atom. The number of imidazole rings is 1. The van der Waals surface area contributed by atoms with E-state index in [1.165, 1.54) is 11.1 Å². The topological polar surface area (TPSA) is 40.9 Å². The molecule has 5 rings (SSSR count). The van der Waals surface area contributed by atoms with E-state index in [4.69, 9.17) is 0 Å². The fourth-order valence-corrected chi connectivity index (χ4v) is 4.96. The van der Waals surface area contributed by atoms with Crippen molar-refractivity contribution in [2.24, 2.45) is 0 Å². The monoisotopic (exact) mass is 388 g/mol. The molecule has 1 aliphatic carbocycles. The summed E-state index contributed by atoms with van der Waals surface area (Å²) >= 11 is 0. The van der Waals surface area contributed by atoms with E-state index in [2.05, 4.69) is 34.1 Å². The van der Waals surface area contributed by atoms with Crippen molar-refractivity contribution < 1.29 is 4.79 Å². The van der Waals surface area contributed by atoms with E-state index in [0.717, 1.165) is 50.0 Å². The Balaban J connectivity index is 1.29. The molecule has 3 heterocycles. The second-order valence-corrected chi connectivity index (χ2v) is 8.63. The molecule has 0 radical (unpaired) electrons. The molecule has 1 aromatic carbocycles. The zero-order chi connectivity index (χ0) is 20.0. The van der Waals surface area contributed by atoms with Gasteiger partial charge in [0.05, 0.1) is 0 Å². The van der Waals surface area contributed by atoms with Crippen molar-refractivity contribution in [3.63, 3.8) is 0 Å². The molecule has 5 nitrogen and oxygen atoms in total. The van der Waals surface area contributed by atoms with Gasteiger partial charge >= 0.3 is 0 Å². The van der Waals surface area contributed by atoms with Crippen LogP contribution in [0.3, 0.4) is 0 Å². The minimum absolute atomic E-state index is 0.0212. The molecule has 1 unspecified atom stereocenters. The van der Waals surface area contributed by atoms with Crippen LogP contribution in [0.25, 0.3) is 5.65 Å². The maximum atomic E-state index is 13.1. The molecule has 150 valence electrons. The first-order valence-corrected chi connectivity index (χ1v) is 10.6. The molecule has 1 atom stereocenters. The lowest BCUT2D eigenvalue weighted by molar-refractivity contribution is 0.0551. The Morgan fingerprint density at radius 2 is 1.93 bits per heavy atom. The number of benzene rings is 1. The van der Waals surface area contributed by atoms with Crippen LogP contribution < -0.4 is 0 Å². The fraction of sp³-hybridized carbons (Fsp3) is 0.417. The van der Waals surface area contributed by atoms with E-state index in [1.807, 2.05) is 47.8 Å². The summed E-state index contributed by atoms with van der Waals surface area (Å²) in [7, 11) is 1.94. The normalized spacial score (nSPS) is 20.1. The van der Waals surface area contributed by atoms with Gasteiger partial charge in [-0.25, -0.2) is 4.98 Å². The number of rotatable bonds is 3. The number of amides is 1. The Morgan fingerprint density at radius 3 is 2.69 bits per heavy atom. The van der Waals surface area contributed by atoms with E-state index in [-0.39, 0.29) is 11.9 Å². The van der Waals surface area contributed by atoms with Gasteiger partial charge in [-0.05, 0) is 68.0 Å². The van der Waals surface area contributed by atoms with Crippen molar-refractivity contribution in [3.05, 3.63) is 71.2 Å². The van der Waals surface area contributed by atoms with Crippen molar-refractivity contribution in [3.8, 4) is 0 Å². The zero-order valence-corrected chi connectivity index (χ0v) is 17.2. The number of aryl methyl sites for hydroxylation is 1. The van der Waals surface area contributed by atoms with E-state index in [9.17, 15) is 4.79 Å². The summed E-state index contributed by atoms with van der Waals surface area (Å²) in [4.78, 5) is 22.2. The van der Waals surface area contributed by atoms with Gasteiger partial charge in [0.2, 0.25) is 0 Å². The third-order valence-electron chi connectivity index (χ3n) is 6.68. The van der Waals surface area contributed by atoms with Crippen molar-refractivity contribution in [1.29, 1.82) is 0 Å². The lowest BCUT2D eigenvalue weighted by atomic mass is 10.0. The molecule has 1 fully saturated rings. The standard InChI is InChI=1S/C24H28N4O/c1-17-9-11-28-16-22(25-23(28)12-17)24(29)26(2)20-8-5-10-27(15-20)21-13-18-6-3-4-7-19(18)14-21/h3-4,6-7,9,11-12,16,20-21H,5,8,10,13-15H2,1-2H3. The summed E-state index contributed by atoms with van der Waals surface area (Å²) < 4.78 is 1.93. The molecule has 1 aliphatic heterocycles. The van der Waals surface area contributed by atoms with Gasteiger partial charge in [-0.3, -0.25) is 9.69 Å². The highest BCUT2D eigenvalue weighted by molar-refractivity contribution is 5.93. The Kier molecular flexibility index (Phi) is 4.63. The van der Waals surface area contributed by atoms with Crippen LogP contribution in [0.1, 0.15) is 40.0 Å². The number of carbonyl (C=O) groups is 1. The Hall–Kier alpha value is -2.66. The number of hydrogen-bond donors (Lipinski definition) is 0. The van der Waals surface area contributed by atoms with Crippen molar-refractivity contribution >= 4 is 11.6 Å². The molecule has 0 bridgehead atoms. The smallest absolute Gasteiger partial charge is 0.274 e. The molecule has 29 heavy (non-hydrogen) atoms. The van der Waals surface area contributed by atoms with Crippen LogP contribution in [-0.4, -0.2) is 57.3 Å². The van der Waals surface area contributed by atoms with Crippen LogP contribution in [0.5, 0.6) is 0 Å². The van der Waals surface area contributed by atoms with Gasteiger partial charge in [0.15, 0.2) is 0 Å². The number of aromatic nitrogens is 2. The number of hydrogen-bond acceptors (Lipinski definition) is 3. The second kappa shape index (κ2) is 7.30. The van der Waals surface area contributed by atoms with Gasteiger partial charge in [-0.1, -0.05) is 24.3 Å². The molecule has 2 aliphatic rings. The number of likely N-dealkylation sites (tertiary alicyclic amines) is 1. The van der Waals surface area contributed by atoms with Crippen LogP contribution in [-0.2, 0) is 12.8 Å². The third-order valence-corrected chi connectivity index (χ3v) is 6.68. The second-order valence-electron chi connectivity index (χ2n) is 8.63. The zero-order valence-electron chi connectivity index (χ0n) is 17.2. The lowest BCUT2D eigenvalue weighted by Gasteiger charge is -2.40. The van der Waals surface area contributed by atoms with E-state index < -0.39 is 0 Å². The van der Waals surface area contributed by atoms with Gasteiger partial charge in [0, 0.05) is 38.1 Å². The largest absolute Gasteiger partial charge is 0.336 e. The molecule has 0 saturated carbocycles. The third kappa shape index (κ3) is 3.44. The van der Waals surface area contributed by atoms with Crippen molar-refractivity contribution in [2.75, 3.05) is 20.1 Å². The number of likely N-dealkylation sites (N-methyl/N-ethyl adjacent to an activating group) is 1. The average Bonchev–Trinajstić information content (AvgIpc) is 3.36. The minimum atomic E-state index is 0.0212. The molecular formula is C24H28N4O. The lowest BCUT2D eigenvalue weighted by Crippen LogP contribution is -2.51. The fourth-order valence-electron chi connectivity index (χ4n) is 4.96. The van der Waals surface area contributed by atoms with Gasteiger partial charge in [0.25, 0.3) is 5.91 Å². The summed E-state index contributed by atoms with van der Waals surface area (Å²) in [6, 6.07) is 13.7. The molecule has 5 heteroatoms. The highest BCUT2D eigenvalue weighted by Crippen LogP contribution is 2.28. The summed E-state index contributed by atoms with van der Waals surface area (Å²) in [6.07, 6.45) is 8.28. The number of carbonyl (C=O) groups excluding carboxylic acids is 1. The molecule has 1 saturated heterocycles. The van der Waals surface area contributed by atoms with E-state index >= 15 is 0 Å². The highest BCUT2D eigenvalue weighted by atomic mass is 16.2. The average molecular weight is 389 g/mol. The molecule has 0 N–H and O–H groups in total. The van der Waals surface area contributed by atoms with Crippen LogP contribution in [0.15, 0.2) is 48.8 Å².